The number of carbonyl (C=O) groups excluding carboxylic acids is 1. The van der Waals surface area contributed by atoms with E-state index >= 15 is 0 Å². The quantitative estimate of drug-likeness (QED) is 0.849. The van der Waals surface area contributed by atoms with Crippen LogP contribution in [0.25, 0.3) is 5.69 Å². The number of hydrogen-bond donors (Lipinski definition) is 1. The van der Waals surface area contributed by atoms with Crippen LogP contribution >= 0.6 is 11.6 Å². The fourth-order valence-electron chi connectivity index (χ4n) is 1.85. The van der Waals surface area contributed by atoms with E-state index in [-0.39, 0.29) is 11.4 Å². The average molecular weight is 294 g/mol. The Hall–Kier alpha value is -2.34. The van der Waals surface area contributed by atoms with Gasteiger partial charge in [0.05, 0.1) is 17.8 Å². The van der Waals surface area contributed by atoms with Crippen molar-refractivity contribution >= 4 is 23.4 Å². The molecular weight excluding hydrogens is 282 g/mol. The summed E-state index contributed by atoms with van der Waals surface area (Å²) in [5.41, 5.74) is 5.85. The third-order valence-corrected chi connectivity index (χ3v) is 3.13. The zero-order valence-electron chi connectivity index (χ0n) is 10.9. The molecule has 1 heterocycles. The van der Waals surface area contributed by atoms with Gasteiger partial charge in [-0.25, -0.2) is 9.78 Å². The van der Waals surface area contributed by atoms with Crippen molar-refractivity contribution in [1.82, 2.24) is 9.55 Å². The number of nitrogens with zero attached hydrogens (tertiary/aromatic N) is 2. The first-order chi connectivity index (χ1) is 9.47. The van der Waals surface area contributed by atoms with Gasteiger partial charge in [0.1, 0.15) is 12.1 Å². The van der Waals surface area contributed by atoms with Gasteiger partial charge in [0.15, 0.2) is 5.56 Å². The molecule has 0 saturated carbocycles. The maximum Gasteiger partial charge on any atom is 0.347 e. The number of aromatic nitrogens is 2. The topological polar surface area (TPSA) is 87.2 Å². The van der Waals surface area contributed by atoms with Crippen LogP contribution in [0.1, 0.15) is 15.9 Å². The molecule has 0 bridgehead atoms. The van der Waals surface area contributed by atoms with E-state index in [0.29, 0.717) is 10.7 Å². The van der Waals surface area contributed by atoms with Gasteiger partial charge in [-0.15, -0.1) is 0 Å². The van der Waals surface area contributed by atoms with Crippen molar-refractivity contribution in [2.45, 2.75) is 6.92 Å². The van der Waals surface area contributed by atoms with E-state index < -0.39 is 11.5 Å². The summed E-state index contributed by atoms with van der Waals surface area (Å²) in [6.45, 7) is 1.79. The van der Waals surface area contributed by atoms with Crippen LogP contribution in [0.2, 0.25) is 5.02 Å². The zero-order valence-corrected chi connectivity index (χ0v) is 11.6. The first-order valence-electron chi connectivity index (χ1n) is 5.68. The van der Waals surface area contributed by atoms with Crippen LogP contribution in [0.15, 0.2) is 29.3 Å². The zero-order chi connectivity index (χ0) is 14.9. The van der Waals surface area contributed by atoms with Crippen LogP contribution in [0.5, 0.6) is 0 Å². The lowest BCUT2D eigenvalue weighted by Gasteiger charge is -2.12. The number of hydrogen-bond acceptors (Lipinski definition) is 5. The molecular formula is C13H12ClN3O3. The maximum absolute atomic E-state index is 12.4. The molecule has 0 atom stereocenters. The van der Waals surface area contributed by atoms with Gasteiger partial charge in [-0.1, -0.05) is 23.7 Å². The third kappa shape index (κ3) is 2.25. The van der Waals surface area contributed by atoms with E-state index in [1.54, 1.807) is 25.1 Å². The normalized spacial score (nSPS) is 10.3. The molecule has 0 aliphatic rings. The van der Waals surface area contributed by atoms with Crippen LogP contribution in [-0.2, 0) is 4.74 Å². The van der Waals surface area contributed by atoms with E-state index in [0.717, 1.165) is 5.56 Å². The second-order valence-electron chi connectivity index (χ2n) is 4.08. The number of para-hydroxylation sites is 1. The largest absolute Gasteiger partial charge is 0.465 e. The number of anilines is 1. The molecule has 0 radical (unpaired) electrons. The lowest BCUT2D eigenvalue weighted by atomic mass is 10.2. The smallest absolute Gasteiger partial charge is 0.347 e. The molecule has 7 heteroatoms. The van der Waals surface area contributed by atoms with Crippen molar-refractivity contribution in [2.24, 2.45) is 0 Å². The van der Waals surface area contributed by atoms with Crippen molar-refractivity contribution in [1.29, 1.82) is 0 Å². The molecule has 0 amide bonds. The van der Waals surface area contributed by atoms with Crippen molar-refractivity contribution in [2.75, 3.05) is 12.8 Å². The van der Waals surface area contributed by atoms with Crippen molar-refractivity contribution in [3.8, 4) is 5.69 Å². The Bertz CT molecular complexity index is 720. The van der Waals surface area contributed by atoms with Crippen LogP contribution in [0.3, 0.4) is 0 Å². The van der Waals surface area contributed by atoms with Gasteiger partial charge in [-0.2, -0.15) is 0 Å². The maximum atomic E-state index is 12.4. The number of ether oxygens (including phenoxy) is 1. The monoisotopic (exact) mass is 293 g/mol. The molecule has 0 fully saturated rings. The van der Waals surface area contributed by atoms with E-state index in [2.05, 4.69) is 9.72 Å². The summed E-state index contributed by atoms with van der Waals surface area (Å²) in [6, 6.07) is 5.20. The number of carbonyl (C=O) groups is 1. The van der Waals surface area contributed by atoms with E-state index in [1.165, 1.54) is 18.0 Å². The number of nitrogen functional groups attached to an aromatic ring is 1. The van der Waals surface area contributed by atoms with Crippen LogP contribution in [0, 0.1) is 6.92 Å². The summed E-state index contributed by atoms with van der Waals surface area (Å²) < 4.78 is 5.72. The van der Waals surface area contributed by atoms with Gasteiger partial charge in [-0.3, -0.25) is 9.36 Å². The second kappa shape index (κ2) is 5.34. The van der Waals surface area contributed by atoms with Gasteiger partial charge < -0.3 is 10.5 Å². The molecule has 20 heavy (non-hydrogen) atoms. The van der Waals surface area contributed by atoms with E-state index in [4.69, 9.17) is 17.3 Å². The molecule has 1 aromatic heterocycles. The Morgan fingerprint density at radius 3 is 2.75 bits per heavy atom. The molecule has 2 N–H and O–H groups in total. The van der Waals surface area contributed by atoms with Crippen molar-refractivity contribution < 1.29 is 9.53 Å². The standard InChI is InChI=1S/C13H12ClN3O3/c1-7-4-3-5-8(14)10(7)17-6-16-11(15)9(12(17)18)13(19)20-2/h3-6H,15H2,1-2H3. The predicted octanol–water partition coefficient (Wildman–Crippen LogP) is 1.56. The Morgan fingerprint density at radius 1 is 1.45 bits per heavy atom. The molecule has 6 nitrogen and oxygen atoms in total. The van der Waals surface area contributed by atoms with E-state index in [9.17, 15) is 9.59 Å². The van der Waals surface area contributed by atoms with Gasteiger partial charge in [0.25, 0.3) is 5.56 Å². The fraction of sp³-hybridized carbons (Fsp3) is 0.154. The summed E-state index contributed by atoms with van der Waals surface area (Å²) in [7, 11) is 1.17. The van der Waals surface area contributed by atoms with E-state index in [1.807, 2.05) is 0 Å². The molecule has 0 unspecified atom stereocenters. The second-order valence-corrected chi connectivity index (χ2v) is 4.48. The van der Waals surface area contributed by atoms with Crippen molar-refractivity contribution in [3.05, 3.63) is 51.0 Å². The minimum atomic E-state index is -0.834. The summed E-state index contributed by atoms with van der Waals surface area (Å²) in [5.74, 6) is -1.01. The molecule has 104 valence electrons. The average Bonchev–Trinajstić information content (AvgIpc) is 2.40. The number of rotatable bonds is 2. The summed E-state index contributed by atoms with van der Waals surface area (Å²) in [4.78, 5) is 27.8. The van der Waals surface area contributed by atoms with Crippen LogP contribution < -0.4 is 11.3 Å². The molecule has 0 saturated heterocycles. The van der Waals surface area contributed by atoms with Gasteiger partial charge in [0.2, 0.25) is 0 Å². The summed E-state index contributed by atoms with van der Waals surface area (Å²) >= 11 is 6.11. The predicted molar refractivity (Wildman–Crippen MR) is 75.3 cm³/mol. The Balaban J connectivity index is 2.78. The number of esters is 1. The first kappa shape index (κ1) is 14.1. The molecule has 1 aromatic carbocycles. The van der Waals surface area contributed by atoms with Gasteiger partial charge in [-0.05, 0) is 18.6 Å². The number of aryl methyl sites for hydroxylation is 1. The minimum Gasteiger partial charge on any atom is -0.465 e. The lowest BCUT2D eigenvalue weighted by molar-refractivity contribution is 0.0599. The number of methoxy groups -OCH3 is 1. The highest BCUT2D eigenvalue weighted by Crippen LogP contribution is 2.22. The molecule has 0 spiro atoms. The third-order valence-electron chi connectivity index (χ3n) is 2.82. The van der Waals surface area contributed by atoms with Crippen molar-refractivity contribution in [3.63, 3.8) is 0 Å². The van der Waals surface area contributed by atoms with Crippen LogP contribution in [0.4, 0.5) is 5.82 Å². The Morgan fingerprint density at radius 2 is 2.15 bits per heavy atom. The van der Waals surface area contributed by atoms with Gasteiger partial charge >= 0.3 is 5.97 Å². The molecule has 0 aliphatic heterocycles. The Labute approximate surface area is 119 Å². The highest BCUT2D eigenvalue weighted by Gasteiger charge is 2.20. The molecule has 0 aliphatic carbocycles. The summed E-state index contributed by atoms with van der Waals surface area (Å²) in [5, 5.41) is 0.370. The number of benzene rings is 1. The SMILES string of the molecule is COC(=O)c1c(N)ncn(-c2c(C)cccc2Cl)c1=O. The lowest BCUT2D eigenvalue weighted by Crippen LogP contribution is -2.28. The number of nitrogens with two attached hydrogens (primary N) is 1. The Kier molecular flexibility index (Phi) is 3.76. The first-order valence-corrected chi connectivity index (χ1v) is 6.06. The molecule has 2 rings (SSSR count). The van der Waals surface area contributed by atoms with Crippen LogP contribution in [-0.4, -0.2) is 22.6 Å². The number of halogens is 1. The highest BCUT2D eigenvalue weighted by molar-refractivity contribution is 6.32. The van der Waals surface area contributed by atoms with Gasteiger partial charge in [0, 0.05) is 0 Å². The fourth-order valence-corrected chi connectivity index (χ4v) is 2.16. The molecule has 2 aromatic rings. The highest BCUT2D eigenvalue weighted by atomic mass is 35.5. The minimum absolute atomic E-state index is 0.178. The summed E-state index contributed by atoms with van der Waals surface area (Å²) in [6.07, 6.45) is 1.23.